The fourth-order valence-electron chi connectivity index (χ4n) is 4.10. The molecule has 2 heterocycles. The van der Waals surface area contributed by atoms with Crippen molar-refractivity contribution in [2.75, 3.05) is 4.90 Å². The molecule has 2 aliphatic heterocycles. The monoisotopic (exact) mass is 385 g/mol. The number of esters is 1. The molecule has 29 heavy (non-hydrogen) atoms. The van der Waals surface area contributed by atoms with Crippen LogP contribution in [-0.4, -0.2) is 17.5 Å². The summed E-state index contributed by atoms with van der Waals surface area (Å²) in [5, 5.41) is 0. The Morgan fingerprint density at radius 2 is 1.48 bits per heavy atom. The first kappa shape index (κ1) is 17.6. The molecule has 5 rings (SSSR count). The third-order valence-corrected chi connectivity index (χ3v) is 5.45. The zero-order valence-corrected chi connectivity index (χ0v) is 15.8. The van der Waals surface area contributed by atoms with Gasteiger partial charge in [0.05, 0.1) is 0 Å². The molecule has 1 amide bonds. The molecule has 3 aromatic carbocycles. The van der Waals surface area contributed by atoms with E-state index in [4.69, 9.17) is 9.47 Å². The molecule has 3 aromatic rings. The lowest BCUT2D eigenvalue weighted by molar-refractivity contribution is -0.168. The molecule has 144 valence electrons. The average Bonchev–Trinajstić information content (AvgIpc) is 3.12. The number of hydrogen-bond donors (Lipinski definition) is 0. The molecule has 0 N–H and O–H groups in total. The molecule has 0 saturated carbocycles. The van der Waals surface area contributed by atoms with Gasteiger partial charge in [-0.2, -0.15) is 0 Å². The van der Waals surface area contributed by atoms with E-state index in [1.807, 2.05) is 91.9 Å². The highest BCUT2D eigenvalue weighted by molar-refractivity contribution is 6.21. The maximum absolute atomic E-state index is 13.3. The fourth-order valence-corrected chi connectivity index (χ4v) is 4.10. The highest BCUT2D eigenvalue weighted by Gasteiger charge is 2.73. The van der Waals surface area contributed by atoms with Crippen LogP contribution < -0.4 is 4.90 Å². The van der Waals surface area contributed by atoms with E-state index in [1.165, 1.54) is 0 Å². The minimum atomic E-state index is -1.67. The van der Waals surface area contributed by atoms with Gasteiger partial charge in [0, 0.05) is 11.3 Å². The average molecular weight is 385 g/mol. The first-order valence-corrected chi connectivity index (χ1v) is 9.50. The summed E-state index contributed by atoms with van der Waals surface area (Å²) in [4.78, 5) is 28.0. The van der Waals surface area contributed by atoms with Crippen molar-refractivity contribution in [2.45, 2.75) is 24.9 Å². The molecule has 0 aliphatic carbocycles. The Bertz CT molecular complexity index is 1080. The zero-order valence-electron chi connectivity index (χ0n) is 15.8. The van der Waals surface area contributed by atoms with Crippen LogP contribution in [0.5, 0.6) is 0 Å². The Morgan fingerprint density at radius 3 is 2.17 bits per heavy atom. The number of anilines is 1. The number of aryl methyl sites for hydroxylation is 1. The molecular formula is C24H19NO4. The number of β-lactam (4-membered cyclic amide) rings is 1. The van der Waals surface area contributed by atoms with Gasteiger partial charge in [-0.05, 0) is 30.7 Å². The van der Waals surface area contributed by atoms with E-state index in [2.05, 4.69) is 0 Å². The largest absolute Gasteiger partial charge is 0.429 e. The second-order valence-corrected chi connectivity index (χ2v) is 7.33. The molecule has 0 bridgehead atoms. The van der Waals surface area contributed by atoms with Gasteiger partial charge in [-0.25, -0.2) is 4.79 Å². The van der Waals surface area contributed by atoms with E-state index in [1.54, 1.807) is 4.90 Å². The summed E-state index contributed by atoms with van der Waals surface area (Å²) in [6, 6.07) is 25.7. The van der Waals surface area contributed by atoms with E-state index >= 15 is 0 Å². The van der Waals surface area contributed by atoms with E-state index < -0.39 is 29.8 Å². The van der Waals surface area contributed by atoms with Crippen molar-refractivity contribution < 1.29 is 19.1 Å². The van der Waals surface area contributed by atoms with Crippen molar-refractivity contribution in [1.82, 2.24) is 0 Å². The smallest absolute Gasteiger partial charge is 0.353 e. The topological polar surface area (TPSA) is 55.8 Å². The highest BCUT2D eigenvalue weighted by atomic mass is 16.8. The summed E-state index contributed by atoms with van der Waals surface area (Å²) in [5.41, 5.74) is 1.60. The lowest BCUT2D eigenvalue weighted by Crippen LogP contribution is -2.71. The van der Waals surface area contributed by atoms with E-state index in [-0.39, 0.29) is 0 Å². The number of carbonyl (C=O) groups is 2. The third-order valence-electron chi connectivity index (χ3n) is 5.45. The molecule has 3 atom stereocenters. The number of cyclic esters (lactones) is 1. The zero-order chi connectivity index (χ0) is 20.0. The molecule has 1 spiro atoms. The van der Waals surface area contributed by atoms with Crippen molar-refractivity contribution >= 4 is 17.6 Å². The quantitative estimate of drug-likeness (QED) is 0.387. The van der Waals surface area contributed by atoms with Crippen LogP contribution in [-0.2, 0) is 19.1 Å². The number of hydrogen-bond acceptors (Lipinski definition) is 4. The van der Waals surface area contributed by atoms with Gasteiger partial charge in [0.2, 0.25) is 6.29 Å². The maximum Gasteiger partial charge on any atom is 0.353 e. The second-order valence-electron chi connectivity index (χ2n) is 7.33. The lowest BCUT2D eigenvalue weighted by Gasteiger charge is -2.50. The minimum absolute atomic E-state index is 0.405. The number of para-hydroxylation sites is 1. The van der Waals surface area contributed by atoms with Crippen molar-refractivity contribution in [1.29, 1.82) is 0 Å². The normalized spacial score (nSPS) is 25.8. The van der Waals surface area contributed by atoms with Crippen LogP contribution in [0.25, 0.3) is 0 Å². The minimum Gasteiger partial charge on any atom is -0.429 e. The molecule has 2 fully saturated rings. The van der Waals surface area contributed by atoms with E-state index in [9.17, 15) is 9.59 Å². The Morgan fingerprint density at radius 1 is 0.828 bits per heavy atom. The van der Waals surface area contributed by atoms with Gasteiger partial charge in [0.1, 0.15) is 6.04 Å². The van der Waals surface area contributed by atoms with E-state index in [0.717, 1.165) is 11.1 Å². The van der Waals surface area contributed by atoms with Gasteiger partial charge < -0.3 is 9.47 Å². The first-order chi connectivity index (χ1) is 14.1. The Hall–Kier alpha value is -3.44. The number of ether oxygens (including phenoxy) is 2. The van der Waals surface area contributed by atoms with E-state index in [0.29, 0.717) is 11.3 Å². The summed E-state index contributed by atoms with van der Waals surface area (Å²) >= 11 is 0. The molecule has 0 unspecified atom stereocenters. The number of rotatable bonds is 3. The number of amides is 1. The van der Waals surface area contributed by atoms with Gasteiger partial charge in [-0.15, -0.1) is 0 Å². The van der Waals surface area contributed by atoms with Crippen molar-refractivity contribution in [3.05, 3.63) is 102 Å². The van der Waals surface area contributed by atoms with Crippen LogP contribution in [0.3, 0.4) is 0 Å². The number of benzene rings is 3. The Kier molecular flexibility index (Phi) is 4.00. The van der Waals surface area contributed by atoms with Gasteiger partial charge >= 0.3 is 5.97 Å². The second kappa shape index (κ2) is 6.57. The number of nitrogens with zero attached hydrogens (tertiary/aromatic N) is 1. The van der Waals surface area contributed by atoms with Crippen LogP contribution in [0.1, 0.15) is 29.0 Å². The molecule has 5 nitrogen and oxygen atoms in total. The first-order valence-electron chi connectivity index (χ1n) is 9.50. The Balaban J connectivity index is 1.58. The summed E-state index contributed by atoms with van der Waals surface area (Å²) < 4.78 is 11.7. The highest BCUT2D eigenvalue weighted by Crippen LogP contribution is 2.54. The maximum atomic E-state index is 13.3. The lowest BCUT2D eigenvalue weighted by atomic mass is 9.77. The van der Waals surface area contributed by atoms with Crippen molar-refractivity contribution in [3.8, 4) is 0 Å². The van der Waals surface area contributed by atoms with Crippen LogP contribution in [0, 0.1) is 6.92 Å². The molecule has 0 aromatic heterocycles. The summed E-state index contributed by atoms with van der Waals surface area (Å²) in [7, 11) is 0. The van der Waals surface area contributed by atoms with Gasteiger partial charge in [-0.1, -0.05) is 72.3 Å². The summed E-state index contributed by atoms with van der Waals surface area (Å²) in [5.74, 6) is -1.05. The van der Waals surface area contributed by atoms with Crippen LogP contribution in [0.4, 0.5) is 5.69 Å². The van der Waals surface area contributed by atoms with Gasteiger partial charge in [0.25, 0.3) is 11.5 Å². The predicted octanol–water partition coefficient (Wildman–Crippen LogP) is 4.09. The van der Waals surface area contributed by atoms with Crippen LogP contribution in [0.2, 0.25) is 0 Å². The molecule has 2 aliphatic rings. The van der Waals surface area contributed by atoms with Crippen LogP contribution >= 0.6 is 0 Å². The molecule has 5 heteroatoms. The summed E-state index contributed by atoms with van der Waals surface area (Å²) in [6.45, 7) is 1.95. The van der Waals surface area contributed by atoms with Gasteiger partial charge in [-0.3, -0.25) is 9.69 Å². The fraction of sp³-hybridized carbons (Fsp3) is 0.167. The van der Waals surface area contributed by atoms with Gasteiger partial charge in [0.15, 0.2) is 0 Å². The standard InChI is InChI=1S/C24H19NO4/c1-16-9-8-12-18(15-16)21-28-23(27)24(29-21)20(17-10-4-2-5-11-17)25(22(24)26)19-13-6-3-7-14-19/h2-15,20-21H,1H3/t20-,21+,24-/m0/s1. The molecule has 0 radical (unpaired) electrons. The Labute approximate surface area is 168 Å². The molecular weight excluding hydrogens is 366 g/mol. The molecule has 2 saturated heterocycles. The SMILES string of the molecule is Cc1cccc([C@@H]2OC(=O)[C@@]3(O2)C(=O)N(c2ccccc2)[C@H]3c2ccccc2)c1. The third kappa shape index (κ3) is 2.58. The predicted molar refractivity (Wildman–Crippen MR) is 107 cm³/mol. The summed E-state index contributed by atoms with van der Waals surface area (Å²) in [6.07, 6.45) is -0.907. The van der Waals surface area contributed by atoms with Crippen molar-refractivity contribution in [2.24, 2.45) is 0 Å². The number of carbonyl (C=O) groups excluding carboxylic acids is 2. The van der Waals surface area contributed by atoms with Crippen LogP contribution in [0.15, 0.2) is 84.9 Å². The van der Waals surface area contributed by atoms with Crippen molar-refractivity contribution in [3.63, 3.8) is 0 Å².